The lowest BCUT2D eigenvalue weighted by Crippen LogP contribution is -2.64. The number of hydrogen-bond acceptors (Lipinski definition) is 8. The number of esters is 1. The van der Waals surface area contributed by atoms with Crippen molar-refractivity contribution in [2.24, 2.45) is 5.92 Å². The van der Waals surface area contributed by atoms with Gasteiger partial charge in [0.25, 0.3) is 5.69 Å². The quantitative estimate of drug-likeness (QED) is 0.376. The summed E-state index contributed by atoms with van der Waals surface area (Å²) >= 11 is 0. The Bertz CT molecular complexity index is 1010. The van der Waals surface area contributed by atoms with Gasteiger partial charge in [-0.05, 0) is 32.8 Å². The molecule has 0 spiro atoms. The van der Waals surface area contributed by atoms with Crippen molar-refractivity contribution in [3.05, 3.63) is 27.8 Å². The molecule has 11 heteroatoms. The van der Waals surface area contributed by atoms with E-state index >= 15 is 0 Å². The molecular weight excluding hydrogens is 426 g/mol. The number of nitro groups is 1. The van der Waals surface area contributed by atoms with E-state index in [4.69, 9.17) is 0 Å². The Labute approximate surface area is 182 Å². The number of nitro benzene ring substituents is 1. The third kappa shape index (κ3) is 4.87. The first-order valence-electron chi connectivity index (χ1n) is 9.80. The van der Waals surface area contributed by atoms with Gasteiger partial charge in [-0.1, -0.05) is 13.8 Å². The Morgan fingerprint density at radius 1 is 1.26 bits per heavy atom. The molecule has 1 aromatic rings. The Balaban J connectivity index is 2.73. The predicted molar refractivity (Wildman–Crippen MR) is 115 cm³/mol. The van der Waals surface area contributed by atoms with Gasteiger partial charge in [-0.15, -0.1) is 0 Å². The topological polar surface area (TPSA) is 127 Å². The highest BCUT2D eigenvalue weighted by atomic mass is 32.2. The van der Waals surface area contributed by atoms with Crippen LogP contribution in [0, 0.1) is 16.0 Å². The first-order chi connectivity index (χ1) is 14.1. The van der Waals surface area contributed by atoms with Crippen molar-refractivity contribution in [3.8, 4) is 0 Å². The van der Waals surface area contributed by atoms with Crippen LogP contribution in [0.4, 0.5) is 11.4 Å². The lowest BCUT2D eigenvalue weighted by molar-refractivity contribution is -0.384. The minimum Gasteiger partial charge on any atom is -0.465 e. The summed E-state index contributed by atoms with van der Waals surface area (Å²) in [5.74, 6) is -1.46. The fourth-order valence-corrected chi connectivity index (χ4v) is 4.75. The molecule has 1 amide bonds. The van der Waals surface area contributed by atoms with Crippen molar-refractivity contribution in [1.29, 1.82) is 0 Å². The molecule has 1 unspecified atom stereocenters. The summed E-state index contributed by atoms with van der Waals surface area (Å²) in [7, 11) is -2.89. The van der Waals surface area contributed by atoms with Gasteiger partial charge in [0.15, 0.2) is 9.84 Å². The summed E-state index contributed by atoms with van der Waals surface area (Å²) in [6.07, 6.45) is 0.890. The Morgan fingerprint density at radius 3 is 2.26 bits per heavy atom. The lowest BCUT2D eigenvalue weighted by atomic mass is 9.92. The van der Waals surface area contributed by atoms with Crippen LogP contribution in [0.5, 0.6) is 0 Å². The second-order valence-electron chi connectivity index (χ2n) is 8.90. The average Bonchev–Trinajstić information content (AvgIpc) is 2.64. The molecule has 31 heavy (non-hydrogen) atoms. The lowest BCUT2D eigenvalue weighted by Gasteiger charge is -2.48. The summed E-state index contributed by atoms with van der Waals surface area (Å²) < 4.78 is 29.3. The van der Waals surface area contributed by atoms with Crippen molar-refractivity contribution in [3.63, 3.8) is 0 Å². The van der Waals surface area contributed by atoms with Gasteiger partial charge in [-0.25, -0.2) is 13.2 Å². The van der Waals surface area contributed by atoms with Gasteiger partial charge in [0.05, 0.1) is 28.5 Å². The number of ether oxygens (including phenoxy) is 1. The molecule has 1 atom stereocenters. The monoisotopic (exact) mass is 455 g/mol. The minimum absolute atomic E-state index is 0.0858. The van der Waals surface area contributed by atoms with Crippen LogP contribution in [0.2, 0.25) is 0 Å². The standard InChI is InChI=1S/C20H29N3O7S/c1-12(2)17-18(24)21(8-9-22(17)20(3,4)5)14-11-16(31(7,28)29)13(19(25)30-6)10-15(14)23(26)27/h10-12,17H,8-9H2,1-7H3. The molecule has 2 rings (SSSR count). The van der Waals surface area contributed by atoms with Crippen molar-refractivity contribution in [1.82, 2.24) is 4.90 Å². The molecule has 1 aliphatic heterocycles. The van der Waals surface area contributed by atoms with Crippen LogP contribution in [0.25, 0.3) is 0 Å². The van der Waals surface area contributed by atoms with Gasteiger partial charge in [-0.2, -0.15) is 0 Å². The molecule has 10 nitrogen and oxygen atoms in total. The van der Waals surface area contributed by atoms with Gasteiger partial charge < -0.3 is 9.64 Å². The van der Waals surface area contributed by atoms with E-state index < -0.39 is 42.9 Å². The molecular formula is C20H29N3O7S. The van der Waals surface area contributed by atoms with Gasteiger partial charge in [0.1, 0.15) is 5.69 Å². The van der Waals surface area contributed by atoms with E-state index in [1.807, 2.05) is 39.5 Å². The number of carbonyl (C=O) groups is 2. The van der Waals surface area contributed by atoms with Gasteiger partial charge in [-0.3, -0.25) is 19.8 Å². The van der Waals surface area contributed by atoms with Gasteiger partial charge in [0, 0.05) is 31.0 Å². The van der Waals surface area contributed by atoms with Crippen molar-refractivity contribution >= 4 is 33.1 Å². The van der Waals surface area contributed by atoms with Crippen LogP contribution >= 0.6 is 0 Å². The number of nitrogens with zero attached hydrogens (tertiary/aromatic N) is 3. The number of anilines is 1. The molecule has 0 radical (unpaired) electrons. The zero-order chi connectivity index (χ0) is 23.9. The van der Waals surface area contributed by atoms with Crippen LogP contribution in [-0.2, 0) is 19.4 Å². The number of benzene rings is 1. The molecule has 0 saturated carbocycles. The van der Waals surface area contributed by atoms with E-state index in [0.717, 1.165) is 25.5 Å². The number of amides is 1. The summed E-state index contributed by atoms with van der Waals surface area (Å²) in [5, 5.41) is 11.8. The third-order valence-electron chi connectivity index (χ3n) is 5.28. The van der Waals surface area contributed by atoms with Crippen molar-refractivity contribution < 1.29 is 27.7 Å². The largest absolute Gasteiger partial charge is 0.465 e. The minimum atomic E-state index is -3.95. The fourth-order valence-electron chi connectivity index (χ4n) is 3.88. The maximum absolute atomic E-state index is 13.5. The van der Waals surface area contributed by atoms with E-state index in [1.165, 1.54) is 4.90 Å². The highest BCUT2D eigenvalue weighted by molar-refractivity contribution is 7.90. The molecule has 1 fully saturated rings. The summed E-state index contributed by atoms with van der Waals surface area (Å²) in [5.41, 5.74) is -1.44. The van der Waals surface area contributed by atoms with Crippen LogP contribution in [-0.4, -0.2) is 68.2 Å². The summed E-state index contributed by atoms with van der Waals surface area (Å²) in [6.45, 7) is 10.3. The van der Waals surface area contributed by atoms with Crippen molar-refractivity contribution in [2.45, 2.75) is 51.1 Å². The number of methoxy groups -OCH3 is 1. The normalized spacial score (nSPS) is 18.4. The van der Waals surface area contributed by atoms with E-state index in [1.54, 1.807) is 0 Å². The van der Waals surface area contributed by atoms with Gasteiger partial charge >= 0.3 is 5.97 Å². The molecule has 0 bridgehead atoms. The predicted octanol–water partition coefficient (Wildman–Crippen LogP) is 2.26. The first-order valence-corrected chi connectivity index (χ1v) is 11.7. The highest BCUT2D eigenvalue weighted by Crippen LogP contribution is 2.37. The number of rotatable bonds is 5. The second-order valence-corrected chi connectivity index (χ2v) is 10.9. The maximum Gasteiger partial charge on any atom is 0.339 e. The van der Waals surface area contributed by atoms with Gasteiger partial charge in [0.2, 0.25) is 5.91 Å². The van der Waals surface area contributed by atoms with Crippen LogP contribution in [0.15, 0.2) is 17.0 Å². The van der Waals surface area contributed by atoms with E-state index in [0.29, 0.717) is 6.54 Å². The molecule has 0 aliphatic carbocycles. The summed E-state index contributed by atoms with van der Waals surface area (Å²) in [6, 6.07) is 1.35. The third-order valence-corrected chi connectivity index (χ3v) is 6.42. The number of piperazine rings is 1. The van der Waals surface area contributed by atoms with E-state index in [-0.39, 0.29) is 29.6 Å². The molecule has 1 aromatic carbocycles. The first kappa shape index (κ1) is 24.7. The van der Waals surface area contributed by atoms with Crippen molar-refractivity contribution in [2.75, 3.05) is 31.4 Å². The molecule has 1 heterocycles. The number of carbonyl (C=O) groups excluding carboxylic acids is 2. The second kappa shape index (κ2) is 8.54. The molecule has 172 valence electrons. The Hall–Kier alpha value is -2.53. The molecule has 1 saturated heterocycles. The number of sulfone groups is 1. The number of hydrogen-bond donors (Lipinski definition) is 0. The van der Waals surface area contributed by atoms with E-state index in [2.05, 4.69) is 4.74 Å². The fraction of sp³-hybridized carbons (Fsp3) is 0.600. The molecule has 1 aliphatic rings. The van der Waals surface area contributed by atoms with Crippen LogP contribution in [0.3, 0.4) is 0 Å². The average molecular weight is 456 g/mol. The zero-order valence-electron chi connectivity index (χ0n) is 18.8. The smallest absolute Gasteiger partial charge is 0.339 e. The maximum atomic E-state index is 13.5. The Morgan fingerprint density at radius 2 is 1.84 bits per heavy atom. The van der Waals surface area contributed by atoms with Crippen LogP contribution in [0.1, 0.15) is 45.0 Å². The zero-order valence-corrected chi connectivity index (χ0v) is 19.6. The van der Waals surface area contributed by atoms with Crippen LogP contribution < -0.4 is 4.90 Å². The highest BCUT2D eigenvalue weighted by Gasteiger charge is 2.43. The van der Waals surface area contributed by atoms with E-state index in [9.17, 15) is 28.1 Å². The molecule has 0 N–H and O–H groups in total. The molecule has 0 aromatic heterocycles. The summed E-state index contributed by atoms with van der Waals surface area (Å²) in [4.78, 5) is 39.5. The SMILES string of the molecule is COC(=O)c1cc([N+](=O)[O-])c(N2CCN(C(C)(C)C)C(C(C)C)C2=O)cc1S(C)(=O)=O. The Kier molecular flexibility index (Phi) is 6.82.